The first kappa shape index (κ1) is 23.0. The van der Waals surface area contributed by atoms with Crippen LogP contribution >= 0.6 is 0 Å². The van der Waals surface area contributed by atoms with Gasteiger partial charge in [0.05, 0.1) is 18.8 Å². The Hall–Kier alpha value is -3.15. The van der Waals surface area contributed by atoms with Gasteiger partial charge in [0.1, 0.15) is 58.9 Å². The maximum absolute atomic E-state index is 13.0. The van der Waals surface area contributed by atoms with Crippen LogP contribution in [0.1, 0.15) is 6.92 Å². The molecular weight excluding hydrogens is 436 g/mol. The van der Waals surface area contributed by atoms with Crippen LogP contribution in [-0.4, -0.2) is 69.5 Å². The standard InChI is InChI=1S/C23H24O10/c1-2-30-13-7-15(25)18-16(8-13)31-10-14(19(18)26)11-3-5-12(6-4-11)32-23-22(29)21(28)20(27)17(9-24)33-23/h3-8,10,17,20-25,27-29H,2,9H2,1H3/t17-,20+,21+,22+,23-/m0/s1. The zero-order valence-corrected chi connectivity index (χ0v) is 17.6. The van der Waals surface area contributed by atoms with Gasteiger partial charge in [-0.1, -0.05) is 12.1 Å². The summed E-state index contributed by atoms with van der Waals surface area (Å²) in [5.41, 5.74) is 0.454. The quantitative estimate of drug-likeness (QED) is 0.355. The molecule has 1 fully saturated rings. The average Bonchev–Trinajstić information content (AvgIpc) is 2.80. The highest BCUT2D eigenvalue weighted by Gasteiger charge is 2.44. The van der Waals surface area contributed by atoms with Crippen molar-refractivity contribution in [1.82, 2.24) is 0 Å². The van der Waals surface area contributed by atoms with E-state index < -0.39 is 42.7 Å². The first-order valence-electron chi connectivity index (χ1n) is 10.3. The molecule has 33 heavy (non-hydrogen) atoms. The van der Waals surface area contributed by atoms with Crippen LogP contribution in [-0.2, 0) is 4.74 Å². The lowest BCUT2D eigenvalue weighted by atomic mass is 9.99. The summed E-state index contributed by atoms with van der Waals surface area (Å²) in [5, 5.41) is 49.5. The van der Waals surface area contributed by atoms with Crippen molar-refractivity contribution in [3.63, 3.8) is 0 Å². The number of ether oxygens (including phenoxy) is 3. The molecule has 5 atom stereocenters. The molecule has 4 rings (SSSR count). The van der Waals surface area contributed by atoms with Crippen LogP contribution in [0.5, 0.6) is 17.2 Å². The molecule has 1 saturated heterocycles. The van der Waals surface area contributed by atoms with Crippen LogP contribution in [0, 0.1) is 0 Å². The van der Waals surface area contributed by atoms with Gasteiger partial charge in [0, 0.05) is 12.1 Å². The van der Waals surface area contributed by atoms with Gasteiger partial charge in [-0.15, -0.1) is 0 Å². The fourth-order valence-corrected chi connectivity index (χ4v) is 3.67. The van der Waals surface area contributed by atoms with Crippen LogP contribution in [0.2, 0.25) is 0 Å². The van der Waals surface area contributed by atoms with Crippen LogP contribution in [0.4, 0.5) is 0 Å². The van der Waals surface area contributed by atoms with Crippen LogP contribution < -0.4 is 14.9 Å². The predicted octanol–water partition coefficient (Wildman–Crippen LogP) is 0.743. The number of hydrogen-bond donors (Lipinski definition) is 5. The molecule has 2 heterocycles. The van der Waals surface area contributed by atoms with Crippen molar-refractivity contribution < 1.29 is 44.2 Å². The fourth-order valence-electron chi connectivity index (χ4n) is 3.67. The number of aromatic hydroxyl groups is 1. The highest BCUT2D eigenvalue weighted by Crippen LogP contribution is 2.31. The van der Waals surface area contributed by atoms with Crippen molar-refractivity contribution in [2.75, 3.05) is 13.2 Å². The number of aliphatic hydroxyl groups excluding tert-OH is 4. The van der Waals surface area contributed by atoms with Gasteiger partial charge in [-0.05, 0) is 24.6 Å². The summed E-state index contributed by atoms with van der Waals surface area (Å²) in [5.74, 6) is 0.375. The molecule has 1 aliphatic rings. The number of aliphatic hydroxyl groups is 4. The van der Waals surface area contributed by atoms with Gasteiger partial charge in [-0.25, -0.2) is 0 Å². The molecule has 0 aliphatic carbocycles. The van der Waals surface area contributed by atoms with E-state index in [0.717, 1.165) is 0 Å². The summed E-state index contributed by atoms with van der Waals surface area (Å²) in [6.45, 7) is 1.62. The Bertz CT molecular complexity index is 1170. The molecule has 0 spiro atoms. The molecule has 3 aromatic rings. The van der Waals surface area contributed by atoms with E-state index in [2.05, 4.69) is 0 Å². The zero-order valence-electron chi connectivity index (χ0n) is 17.6. The molecule has 1 aliphatic heterocycles. The first-order valence-corrected chi connectivity index (χ1v) is 10.3. The van der Waals surface area contributed by atoms with Crippen molar-refractivity contribution in [1.29, 1.82) is 0 Å². The Balaban J connectivity index is 1.58. The van der Waals surface area contributed by atoms with E-state index in [1.165, 1.54) is 30.5 Å². The lowest BCUT2D eigenvalue weighted by Crippen LogP contribution is -2.60. The summed E-state index contributed by atoms with van der Waals surface area (Å²) in [6.07, 6.45) is -5.72. The fraction of sp³-hybridized carbons (Fsp3) is 0.348. The van der Waals surface area contributed by atoms with E-state index in [1.807, 2.05) is 0 Å². The average molecular weight is 460 g/mol. The van der Waals surface area contributed by atoms with E-state index in [1.54, 1.807) is 19.1 Å². The second-order valence-corrected chi connectivity index (χ2v) is 7.57. The van der Waals surface area contributed by atoms with Gasteiger partial charge in [0.15, 0.2) is 0 Å². The maximum Gasteiger partial charge on any atom is 0.229 e. The van der Waals surface area contributed by atoms with Crippen LogP contribution in [0.3, 0.4) is 0 Å². The largest absolute Gasteiger partial charge is 0.507 e. The monoisotopic (exact) mass is 460 g/mol. The van der Waals surface area contributed by atoms with Gasteiger partial charge in [-0.3, -0.25) is 4.79 Å². The Labute approximate surface area is 187 Å². The minimum atomic E-state index is -1.56. The normalized spacial score (nSPS) is 25.2. The third-order valence-electron chi connectivity index (χ3n) is 5.41. The minimum Gasteiger partial charge on any atom is -0.507 e. The molecule has 176 valence electrons. The molecule has 0 radical (unpaired) electrons. The molecule has 0 amide bonds. The molecule has 0 bridgehead atoms. The van der Waals surface area contributed by atoms with Crippen molar-refractivity contribution in [3.8, 4) is 28.4 Å². The van der Waals surface area contributed by atoms with E-state index in [-0.39, 0.29) is 28.0 Å². The second kappa shape index (κ2) is 9.38. The molecule has 10 nitrogen and oxygen atoms in total. The smallest absolute Gasteiger partial charge is 0.229 e. The number of phenolic OH excluding ortho intramolecular Hbond substituents is 1. The SMILES string of the molecule is CCOc1cc(O)c2c(=O)c(-c3ccc(O[C@H]4O[C@@H](CO)[C@@H](O)[C@@H](O)[C@H]4O)cc3)coc2c1. The molecule has 2 aromatic carbocycles. The van der Waals surface area contributed by atoms with Crippen molar-refractivity contribution in [2.24, 2.45) is 0 Å². The van der Waals surface area contributed by atoms with Gasteiger partial charge >= 0.3 is 0 Å². The van der Waals surface area contributed by atoms with Crippen molar-refractivity contribution in [2.45, 2.75) is 37.6 Å². The van der Waals surface area contributed by atoms with Gasteiger partial charge in [0.25, 0.3) is 0 Å². The molecule has 0 unspecified atom stereocenters. The van der Waals surface area contributed by atoms with Crippen LogP contribution in [0.25, 0.3) is 22.1 Å². The lowest BCUT2D eigenvalue weighted by molar-refractivity contribution is -0.277. The Kier molecular flexibility index (Phi) is 6.54. The Morgan fingerprint density at radius 2 is 1.73 bits per heavy atom. The number of rotatable bonds is 6. The highest BCUT2D eigenvalue weighted by atomic mass is 16.7. The molecule has 1 aromatic heterocycles. The Morgan fingerprint density at radius 1 is 1.00 bits per heavy atom. The summed E-state index contributed by atoms with van der Waals surface area (Å²) in [4.78, 5) is 13.0. The van der Waals surface area contributed by atoms with E-state index in [0.29, 0.717) is 17.9 Å². The van der Waals surface area contributed by atoms with Gasteiger partial charge in [0.2, 0.25) is 11.7 Å². The van der Waals surface area contributed by atoms with E-state index >= 15 is 0 Å². The topological polar surface area (TPSA) is 159 Å². The molecular formula is C23H24O10. The summed E-state index contributed by atoms with van der Waals surface area (Å²) >= 11 is 0. The molecule has 5 N–H and O–H groups in total. The summed E-state index contributed by atoms with van der Waals surface area (Å²) in [6, 6.07) is 9.05. The van der Waals surface area contributed by atoms with Gasteiger partial charge in [-0.2, -0.15) is 0 Å². The van der Waals surface area contributed by atoms with Gasteiger partial charge < -0.3 is 44.2 Å². The maximum atomic E-state index is 13.0. The molecule has 10 heteroatoms. The van der Waals surface area contributed by atoms with Crippen molar-refractivity contribution in [3.05, 3.63) is 52.9 Å². The number of benzene rings is 2. The lowest BCUT2D eigenvalue weighted by Gasteiger charge is -2.39. The second-order valence-electron chi connectivity index (χ2n) is 7.57. The molecule has 0 saturated carbocycles. The third kappa shape index (κ3) is 4.39. The first-order chi connectivity index (χ1) is 15.8. The number of hydrogen-bond acceptors (Lipinski definition) is 10. The summed E-state index contributed by atoms with van der Waals surface area (Å²) in [7, 11) is 0. The zero-order chi connectivity index (χ0) is 23.7. The van der Waals surface area contributed by atoms with E-state index in [4.69, 9.17) is 18.6 Å². The van der Waals surface area contributed by atoms with E-state index in [9.17, 15) is 30.3 Å². The van der Waals surface area contributed by atoms with Crippen LogP contribution in [0.15, 0.2) is 51.9 Å². The highest BCUT2D eigenvalue weighted by molar-refractivity contribution is 5.88. The summed E-state index contributed by atoms with van der Waals surface area (Å²) < 4.78 is 21.8. The third-order valence-corrected chi connectivity index (χ3v) is 5.41. The Morgan fingerprint density at radius 3 is 2.39 bits per heavy atom. The van der Waals surface area contributed by atoms with Crippen molar-refractivity contribution >= 4 is 11.0 Å². The predicted molar refractivity (Wildman–Crippen MR) is 115 cm³/mol. The number of fused-ring (bicyclic) bond motifs is 1. The minimum absolute atomic E-state index is 0.0256. The number of phenols is 1.